The SMILES string of the molecule is CCN(c1nc(C)c(C(C)N)s1)C1CCCCC1. The van der Waals surface area contributed by atoms with Crippen LogP contribution in [0.3, 0.4) is 0 Å². The van der Waals surface area contributed by atoms with Gasteiger partial charge in [-0.15, -0.1) is 11.3 Å². The van der Waals surface area contributed by atoms with Crippen molar-refractivity contribution < 1.29 is 0 Å². The fourth-order valence-electron chi connectivity index (χ4n) is 2.88. The van der Waals surface area contributed by atoms with Gasteiger partial charge in [0.05, 0.1) is 5.69 Å². The Balaban J connectivity index is 2.18. The highest BCUT2D eigenvalue weighted by molar-refractivity contribution is 7.15. The molecule has 0 bridgehead atoms. The summed E-state index contributed by atoms with van der Waals surface area (Å²) in [5, 5.41) is 1.18. The van der Waals surface area contributed by atoms with Gasteiger partial charge in [0.1, 0.15) is 0 Å². The van der Waals surface area contributed by atoms with Crippen LogP contribution in [0, 0.1) is 6.92 Å². The van der Waals surface area contributed by atoms with E-state index in [9.17, 15) is 0 Å². The summed E-state index contributed by atoms with van der Waals surface area (Å²) in [5.74, 6) is 0. The van der Waals surface area contributed by atoms with E-state index in [1.807, 2.05) is 6.92 Å². The van der Waals surface area contributed by atoms with E-state index < -0.39 is 0 Å². The molecule has 1 aromatic heterocycles. The second-order valence-corrected chi connectivity index (χ2v) is 6.32. The maximum absolute atomic E-state index is 6.00. The number of anilines is 1. The predicted molar refractivity (Wildman–Crippen MR) is 79.3 cm³/mol. The van der Waals surface area contributed by atoms with Crippen LogP contribution in [-0.2, 0) is 0 Å². The van der Waals surface area contributed by atoms with Crippen molar-refractivity contribution in [2.24, 2.45) is 5.73 Å². The van der Waals surface area contributed by atoms with Crippen molar-refractivity contribution in [3.8, 4) is 0 Å². The van der Waals surface area contributed by atoms with E-state index in [1.54, 1.807) is 11.3 Å². The second kappa shape index (κ2) is 6.02. The van der Waals surface area contributed by atoms with Crippen molar-refractivity contribution in [1.82, 2.24) is 4.98 Å². The van der Waals surface area contributed by atoms with Crippen LogP contribution in [-0.4, -0.2) is 17.6 Å². The number of hydrogen-bond acceptors (Lipinski definition) is 4. The first-order valence-corrected chi connectivity index (χ1v) is 7.94. The normalized spacial score (nSPS) is 18.9. The Bertz CT molecular complexity index is 380. The molecule has 1 saturated carbocycles. The van der Waals surface area contributed by atoms with Crippen molar-refractivity contribution in [1.29, 1.82) is 0 Å². The molecule has 3 nitrogen and oxygen atoms in total. The van der Waals surface area contributed by atoms with Gasteiger partial charge in [0.15, 0.2) is 5.13 Å². The zero-order valence-corrected chi connectivity index (χ0v) is 12.6. The molecule has 0 saturated heterocycles. The molecule has 4 heteroatoms. The van der Waals surface area contributed by atoms with E-state index in [4.69, 9.17) is 10.7 Å². The lowest BCUT2D eigenvalue weighted by Gasteiger charge is -2.33. The largest absolute Gasteiger partial charge is 0.345 e. The fraction of sp³-hybridized carbons (Fsp3) is 0.786. The zero-order chi connectivity index (χ0) is 13.1. The minimum Gasteiger partial charge on any atom is -0.345 e. The Morgan fingerprint density at radius 2 is 2.06 bits per heavy atom. The summed E-state index contributed by atoms with van der Waals surface area (Å²) >= 11 is 1.78. The molecule has 1 aromatic rings. The van der Waals surface area contributed by atoms with Crippen LogP contribution in [0.1, 0.15) is 62.6 Å². The smallest absolute Gasteiger partial charge is 0.186 e. The summed E-state index contributed by atoms with van der Waals surface area (Å²) in [4.78, 5) is 8.47. The minimum atomic E-state index is 0.0984. The van der Waals surface area contributed by atoms with Crippen LogP contribution in [0.2, 0.25) is 0 Å². The van der Waals surface area contributed by atoms with Crippen molar-refractivity contribution >= 4 is 16.5 Å². The molecule has 0 amide bonds. The fourth-order valence-corrected chi connectivity index (χ4v) is 4.04. The second-order valence-electron chi connectivity index (χ2n) is 5.31. The lowest BCUT2D eigenvalue weighted by atomic mass is 9.94. The lowest BCUT2D eigenvalue weighted by molar-refractivity contribution is 0.418. The van der Waals surface area contributed by atoms with E-state index in [-0.39, 0.29) is 6.04 Å². The van der Waals surface area contributed by atoms with E-state index >= 15 is 0 Å². The molecule has 0 radical (unpaired) electrons. The third kappa shape index (κ3) is 2.86. The number of rotatable bonds is 4. The first-order valence-electron chi connectivity index (χ1n) is 7.13. The van der Waals surface area contributed by atoms with Crippen LogP contribution in [0.25, 0.3) is 0 Å². The molecule has 0 spiro atoms. The summed E-state index contributed by atoms with van der Waals surface area (Å²) in [5.41, 5.74) is 7.11. The van der Waals surface area contributed by atoms with Crippen molar-refractivity contribution in [3.63, 3.8) is 0 Å². The molecule has 2 N–H and O–H groups in total. The zero-order valence-electron chi connectivity index (χ0n) is 11.8. The number of hydrogen-bond donors (Lipinski definition) is 1. The van der Waals surface area contributed by atoms with Crippen LogP contribution >= 0.6 is 11.3 Å². The lowest BCUT2D eigenvalue weighted by Crippen LogP contribution is -2.36. The number of thiazole rings is 1. The minimum absolute atomic E-state index is 0.0984. The summed E-state index contributed by atoms with van der Waals surface area (Å²) < 4.78 is 0. The van der Waals surface area contributed by atoms with Gasteiger partial charge in [-0.05, 0) is 33.6 Å². The van der Waals surface area contributed by atoms with Crippen LogP contribution in [0.5, 0.6) is 0 Å². The van der Waals surface area contributed by atoms with Gasteiger partial charge in [-0.25, -0.2) is 4.98 Å². The maximum atomic E-state index is 6.00. The molecule has 1 heterocycles. The summed E-state index contributed by atoms with van der Waals surface area (Å²) in [6.45, 7) is 7.40. The number of aryl methyl sites for hydroxylation is 1. The number of aromatic nitrogens is 1. The average Bonchev–Trinajstić information content (AvgIpc) is 2.74. The third-order valence-corrected chi connectivity index (χ3v) is 5.23. The first-order chi connectivity index (χ1) is 8.63. The van der Waals surface area contributed by atoms with Gasteiger partial charge in [-0.2, -0.15) is 0 Å². The topological polar surface area (TPSA) is 42.2 Å². The van der Waals surface area contributed by atoms with Gasteiger partial charge in [0.2, 0.25) is 0 Å². The molecule has 1 atom stereocenters. The highest BCUT2D eigenvalue weighted by Gasteiger charge is 2.23. The van der Waals surface area contributed by atoms with Gasteiger partial charge in [-0.3, -0.25) is 0 Å². The number of nitrogens with zero attached hydrogens (tertiary/aromatic N) is 2. The molecule has 2 rings (SSSR count). The molecule has 1 unspecified atom stereocenters. The maximum Gasteiger partial charge on any atom is 0.186 e. The molecule has 102 valence electrons. The molecule has 1 aliphatic rings. The number of nitrogens with two attached hydrogens (primary N) is 1. The summed E-state index contributed by atoms with van der Waals surface area (Å²) in [6, 6.07) is 0.788. The van der Waals surface area contributed by atoms with Gasteiger partial charge in [0.25, 0.3) is 0 Å². The summed E-state index contributed by atoms with van der Waals surface area (Å²) in [6.07, 6.45) is 6.77. The van der Waals surface area contributed by atoms with Crippen molar-refractivity contribution in [2.45, 2.75) is 65.0 Å². The van der Waals surface area contributed by atoms with Crippen molar-refractivity contribution in [2.75, 3.05) is 11.4 Å². The Morgan fingerprint density at radius 1 is 1.39 bits per heavy atom. The Morgan fingerprint density at radius 3 is 2.56 bits per heavy atom. The third-order valence-electron chi connectivity index (χ3n) is 3.84. The molecular formula is C14H25N3S. The Kier molecular flexibility index (Phi) is 4.62. The predicted octanol–water partition coefficient (Wildman–Crippen LogP) is 3.63. The molecular weight excluding hydrogens is 242 g/mol. The first kappa shape index (κ1) is 13.8. The quantitative estimate of drug-likeness (QED) is 0.905. The highest BCUT2D eigenvalue weighted by atomic mass is 32.1. The van der Waals surface area contributed by atoms with Gasteiger partial charge >= 0.3 is 0 Å². The van der Waals surface area contributed by atoms with Crippen LogP contribution in [0.15, 0.2) is 0 Å². The van der Waals surface area contributed by atoms with Gasteiger partial charge < -0.3 is 10.6 Å². The van der Waals surface area contributed by atoms with E-state index in [0.29, 0.717) is 6.04 Å². The van der Waals surface area contributed by atoms with Crippen LogP contribution < -0.4 is 10.6 Å². The summed E-state index contributed by atoms with van der Waals surface area (Å²) in [7, 11) is 0. The van der Waals surface area contributed by atoms with E-state index in [2.05, 4.69) is 18.7 Å². The van der Waals surface area contributed by atoms with E-state index in [1.165, 1.54) is 42.1 Å². The Labute approximate surface area is 114 Å². The standard InChI is InChI=1S/C14H25N3S/c1-4-17(12-8-6-5-7-9-12)14-16-11(3)13(18-14)10(2)15/h10,12H,4-9,15H2,1-3H3. The van der Waals surface area contributed by atoms with Gasteiger partial charge in [0, 0.05) is 23.5 Å². The highest BCUT2D eigenvalue weighted by Crippen LogP contribution is 2.33. The molecule has 1 fully saturated rings. The Hall–Kier alpha value is -0.610. The van der Waals surface area contributed by atoms with Crippen molar-refractivity contribution in [3.05, 3.63) is 10.6 Å². The molecule has 1 aliphatic carbocycles. The average molecular weight is 267 g/mol. The van der Waals surface area contributed by atoms with Crippen LogP contribution in [0.4, 0.5) is 5.13 Å². The van der Waals surface area contributed by atoms with Gasteiger partial charge in [-0.1, -0.05) is 19.3 Å². The monoisotopic (exact) mass is 267 g/mol. The molecule has 0 aromatic carbocycles. The molecule has 0 aliphatic heterocycles. The van der Waals surface area contributed by atoms with E-state index in [0.717, 1.165) is 12.2 Å². The molecule has 18 heavy (non-hydrogen) atoms.